The van der Waals surface area contributed by atoms with Crippen molar-refractivity contribution in [2.24, 2.45) is 5.92 Å². The van der Waals surface area contributed by atoms with E-state index in [1.54, 1.807) is 23.1 Å². The second-order valence-corrected chi connectivity index (χ2v) is 6.42. The molecule has 3 nitrogen and oxygen atoms in total. The van der Waals surface area contributed by atoms with Crippen LogP contribution >= 0.6 is 0 Å². The van der Waals surface area contributed by atoms with Crippen molar-refractivity contribution >= 4 is 11.6 Å². The Hall–Kier alpha value is -2.69. The molecule has 5 heteroatoms. The molecule has 0 bridgehead atoms. The van der Waals surface area contributed by atoms with E-state index in [1.807, 2.05) is 24.3 Å². The molecule has 0 aliphatic carbocycles. The van der Waals surface area contributed by atoms with E-state index < -0.39 is 12.1 Å². The Kier molecular flexibility index (Phi) is 5.35. The lowest BCUT2D eigenvalue weighted by atomic mass is 9.79. The van der Waals surface area contributed by atoms with Gasteiger partial charge in [-0.2, -0.15) is 0 Å². The molecule has 1 amide bonds. The van der Waals surface area contributed by atoms with Crippen molar-refractivity contribution in [3.63, 3.8) is 0 Å². The van der Waals surface area contributed by atoms with Crippen LogP contribution in [0.4, 0.5) is 14.5 Å². The Labute approximate surface area is 151 Å². The third kappa shape index (κ3) is 3.62. The number of nitrogens with zero attached hydrogens (tertiary/aromatic N) is 1. The first kappa shape index (κ1) is 18.1. The average molecular weight is 357 g/mol. The van der Waals surface area contributed by atoms with E-state index in [0.717, 1.165) is 5.56 Å². The number of halogens is 2. The lowest BCUT2D eigenvalue weighted by molar-refractivity contribution is -0.131. The van der Waals surface area contributed by atoms with Gasteiger partial charge in [0.25, 0.3) is 0 Å². The Morgan fingerprint density at radius 2 is 1.85 bits per heavy atom. The van der Waals surface area contributed by atoms with E-state index in [0.29, 0.717) is 18.0 Å². The van der Waals surface area contributed by atoms with Crippen LogP contribution in [0.3, 0.4) is 0 Å². The quantitative estimate of drug-likeness (QED) is 0.524. The summed E-state index contributed by atoms with van der Waals surface area (Å²) in [5.74, 6) is -0.239. The van der Waals surface area contributed by atoms with Crippen LogP contribution in [0.15, 0.2) is 61.2 Å². The third-order valence-electron chi connectivity index (χ3n) is 4.49. The first-order valence-electron chi connectivity index (χ1n) is 8.57. The lowest BCUT2D eigenvalue weighted by Gasteiger charge is -2.48. The van der Waals surface area contributed by atoms with Gasteiger partial charge in [-0.1, -0.05) is 24.8 Å². The summed E-state index contributed by atoms with van der Waals surface area (Å²) < 4.78 is 32.3. The smallest absolute Gasteiger partial charge is 0.233 e. The number of carbonyl (C=O) groups is 1. The summed E-state index contributed by atoms with van der Waals surface area (Å²) in [6.07, 6.45) is 0.751. The molecule has 3 atom stereocenters. The zero-order valence-corrected chi connectivity index (χ0v) is 14.6. The number of alkyl halides is 1. The molecule has 2 aromatic rings. The molecule has 0 N–H and O–H groups in total. The average Bonchev–Trinajstić information content (AvgIpc) is 2.64. The summed E-state index contributed by atoms with van der Waals surface area (Å²) in [7, 11) is 0. The van der Waals surface area contributed by atoms with Gasteiger partial charge in [-0.15, -0.1) is 0 Å². The van der Waals surface area contributed by atoms with Crippen LogP contribution in [-0.2, 0) is 4.79 Å². The number of benzene rings is 2. The van der Waals surface area contributed by atoms with Gasteiger partial charge in [-0.05, 0) is 55.3 Å². The van der Waals surface area contributed by atoms with Crippen LogP contribution in [0.25, 0.3) is 0 Å². The minimum atomic E-state index is -1.07. The number of anilines is 1. The molecule has 0 saturated carbocycles. The van der Waals surface area contributed by atoms with Gasteiger partial charge in [0.1, 0.15) is 18.2 Å². The summed E-state index contributed by atoms with van der Waals surface area (Å²) in [6, 6.07) is 12.9. The number of β-lactam (4-membered cyclic amide) rings is 1. The van der Waals surface area contributed by atoms with Gasteiger partial charge < -0.3 is 9.64 Å². The maximum atomic E-state index is 13.6. The van der Waals surface area contributed by atoms with Gasteiger partial charge in [-0.25, -0.2) is 8.78 Å². The SMILES string of the molecule is C=CCOc1ccc([C@@H]2[C@@H](CC(C)F)C(=O)N2c2ccc(F)cc2)cc1. The van der Waals surface area contributed by atoms with Crippen molar-refractivity contribution < 1.29 is 18.3 Å². The standard InChI is InChI=1S/C21H21F2NO2/c1-3-12-26-18-10-4-15(5-11-18)20-19(13-14(2)22)21(25)24(20)17-8-6-16(23)7-9-17/h3-11,14,19-20H,1,12-13H2,2H3/t14?,19-,20-/m1/s1. The van der Waals surface area contributed by atoms with Crippen LogP contribution in [0.2, 0.25) is 0 Å². The zero-order chi connectivity index (χ0) is 18.7. The molecule has 2 aromatic carbocycles. The maximum Gasteiger partial charge on any atom is 0.233 e. The van der Waals surface area contributed by atoms with E-state index in [-0.39, 0.29) is 24.2 Å². The van der Waals surface area contributed by atoms with Crippen molar-refractivity contribution in [2.75, 3.05) is 11.5 Å². The summed E-state index contributed by atoms with van der Waals surface area (Å²) in [5.41, 5.74) is 1.50. The van der Waals surface area contributed by atoms with Gasteiger partial charge in [0.15, 0.2) is 0 Å². The molecule has 1 unspecified atom stereocenters. The maximum absolute atomic E-state index is 13.6. The van der Waals surface area contributed by atoms with Crippen molar-refractivity contribution in [1.29, 1.82) is 0 Å². The molecule has 3 rings (SSSR count). The molecule has 1 aliphatic heterocycles. The minimum absolute atomic E-state index is 0.141. The van der Waals surface area contributed by atoms with Crippen LogP contribution < -0.4 is 9.64 Å². The zero-order valence-electron chi connectivity index (χ0n) is 14.6. The number of carbonyl (C=O) groups excluding carboxylic acids is 1. The fraction of sp³-hybridized carbons (Fsp3) is 0.286. The largest absolute Gasteiger partial charge is 0.490 e. The van der Waals surface area contributed by atoms with Crippen LogP contribution in [0.5, 0.6) is 5.75 Å². The number of amides is 1. The number of hydrogen-bond acceptors (Lipinski definition) is 2. The van der Waals surface area contributed by atoms with Gasteiger partial charge in [-0.3, -0.25) is 4.79 Å². The highest BCUT2D eigenvalue weighted by Crippen LogP contribution is 2.46. The highest BCUT2D eigenvalue weighted by atomic mass is 19.1. The van der Waals surface area contributed by atoms with E-state index in [4.69, 9.17) is 4.74 Å². The molecule has 1 fully saturated rings. The molecule has 136 valence electrons. The lowest BCUT2D eigenvalue weighted by Crippen LogP contribution is -2.55. The second-order valence-electron chi connectivity index (χ2n) is 6.42. The molecular formula is C21H21F2NO2. The molecule has 1 saturated heterocycles. The number of ether oxygens (including phenoxy) is 1. The van der Waals surface area contributed by atoms with Gasteiger partial charge in [0.05, 0.1) is 18.1 Å². The molecule has 0 radical (unpaired) electrons. The molecule has 1 heterocycles. The van der Waals surface area contributed by atoms with Gasteiger partial charge in [0.2, 0.25) is 5.91 Å². The summed E-state index contributed by atoms with van der Waals surface area (Å²) in [6.45, 7) is 5.47. The number of hydrogen-bond donors (Lipinski definition) is 0. The van der Waals surface area contributed by atoms with Gasteiger partial charge in [0, 0.05) is 5.69 Å². The van der Waals surface area contributed by atoms with Crippen molar-refractivity contribution in [3.8, 4) is 5.75 Å². The predicted molar refractivity (Wildman–Crippen MR) is 97.4 cm³/mol. The fourth-order valence-corrected chi connectivity index (χ4v) is 3.32. The molecule has 0 spiro atoms. The fourth-order valence-electron chi connectivity index (χ4n) is 3.32. The number of rotatable bonds is 7. The predicted octanol–water partition coefficient (Wildman–Crippen LogP) is 4.84. The Bertz CT molecular complexity index is 772. The summed E-state index contributed by atoms with van der Waals surface area (Å²) in [5, 5.41) is 0. The van der Waals surface area contributed by atoms with E-state index in [9.17, 15) is 13.6 Å². The molecule has 0 aromatic heterocycles. The Morgan fingerprint density at radius 3 is 2.42 bits per heavy atom. The Balaban J connectivity index is 1.88. The van der Waals surface area contributed by atoms with Gasteiger partial charge >= 0.3 is 0 Å². The van der Waals surface area contributed by atoms with Crippen LogP contribution in [-0.4, -0.2) is 18.7 Å². The monoisotopic (exact) mass is 357 g/mol. The summed E-state index contributed by atoms with van der Waals surface area (Å²) in [4.78, 5) is 14.2. The topological polar surface area (TPSA) is 29.5 Å². The normalized spacial score (nSPS) is 20.4. The molecular weight excluding hydrogens is 336 g/mol. The van der Waals surface area contributed by atoms with Crippen molar-refractivity contribution in [3.05, 3.63) is 72.6 Å². The molecule has 1 aliphatic rings. The van der Waals surface area contributed by atoms with Crippen LogP contribution in [0.1, 0.15) is 24.9 Å². The molecule has 26 heavy (non-hydrogen) atoms. The summed E-state index contributed by atoms with van der Waals surface area (Å²) >= 11 is 0. The third-order valence-corrected chi connectivity index (χ3v) is 4.49. The second kappa shape index (κ2) is 7.68. The highest BCUT2D eigenvalue weighted by molar-refractivity contribution is 6.03. The first-order chi connectivity index (χ1) is 12.5. The van der Waals surface area contributed by atoms with E-state index in [2.05, 4.69) is 6.58 Å². The van der Waals surface area contributed by atoms with E-state index in [1.165, 1.54) is 19.1 Å². The Morgan fingerprint density at radius 1 is 1.19 bits per heavy atom. The highest BCUT2D eigenvalue weighted by Gasteiger charge is 2.49. The minimum Gasteiger partial charge on any atom is -0.490 e. The first-order valence-corrected chi connectivity index (χ1v) is 8.57. The van der Waals surface area contributed by atoms with Crippen molar-refractivity contribution in [2.45, 2.75) is 25.6 Å². The van der Waals surface area contributed by atoms with Crippen LogP contribution in [0, 0.1) is 11.7 Å². The van der Waals surface area contributed by atoms with E-state index >= 15 is 0 Å². The van der Waals surface area contributed by atoms with Crippen molar-refractivity contribution in [1.82, 2.24) is 0 Å².